The van der Waals surface area contributed by atoms with E-state index in [1.807, 2.05) is 13.1 Å². The third kappa shape index (κ3) is 4.48. The Labute approximate surface area is 123 Å². The first-order valence-corrected chi connectivity index (χ1v) is 7.74. The molecule has 0 aliphatic heterocycles. The zero-order chi connectivity index (χ0) is 15.1. The topological polar surface area (TPSA) is 15.3 Å². The van der Waals surface area contributed by atoms with Gasteiger partial charge in [-0.05, 0) is 37.4 Å². The average molecular weight is 280 g/mol. The molecule has 2 unspecified atom stereocenters. The van der Waals surface area contributed by atoms with Gasteiger partial charge in [-0.25, -0.2) is 4.39 Å². The highest BCUT2D eigenvalue weighted by Crippen LogP contribution is 2.29. The Morgan fingerprint density at radius 3 is 2.55 bits per heavy atom. The Hall–Kier alpha value is -1.09. The highest BCUT2D eigenvalue weighted by molar-refractivity contribution is 5.55. The highest BCUT2D eigenvalue weighted by Gasteiger charge is 2.18. The lowest BCUT2D eigenvalue weighted by Gasteiger charge is -2.28. The Kier molecular flexibility index (Phi) is 7.00. The van der Waals surface area contributed by atoms with Crippen LogP contribution in [-0.4, -0.2) is 20.1 Å². The molecule has 1 aromatic carbocycles. The van der Waals surface area contributed by atoms with Gasteiger partial charge in [-0.15, -0.1) is 0 Å². The van der Waals surface area contributed by atoms with Crippen molar-refractivity contribution in [2.24, 2.45) is 5.92 Å². The van der Waals surface area contributed by atoms with Crippen LogP contribution in [0.15, 0.2) is 18.2 Å². The summed E-state index contributed by atoms with van der Waals surface area (Å²) in [5.41, 5.74) is 1.79. The van der Waals surface area contributed by atoms with E-state index in [1.165, 1.54) is 0 Å². The molecule has 0 aliphatic carbocycles. The van der Waals surface area contributed by atoms with Gasteiger partial charge in [0, 0.05) is 19.6 Å². The Bertz CT molecular complexity index is 406. The molecular weight excluding hydrogens is 251 g/mol. The van der Waals surface area contributed by atoms with E-state index in [1.54, 1.807) is 12.1 Å². The second kappa shape index (κ2) is 8.25. The van der Waals surface area contributed by atoms with Crippen LogP contribution in [0.5, 0.6) is 0 Å². The fourth-order valence-corrected chi connectivity index (χ4v) is 2.44. The fourth-order valence-electron chi connectivity index (χ4n) is 2.44. The maximum atomic E-state index is 14.3. The van der Waals surface area contributed by atoms with Crippen LogP contribution in [-0.2, 0) is 0 Å². The zero-order valence-electron chi connectivity index (χ0n) is 13.5. The van der Waals surface area contributed by atoms with Crippen molar-refractivity contribution in [3.63, 3.8) is 0 Å². The largest absolute Gasteiger partial charge is 0.372 e. The second-order valence-electron chi connectivity index (χ2n) is 5.75. The average Bonchev–Trinajstić information content (AvgIpc) is 2.43. The third-order valence-corrected chi connectivity index (χ3v) is 3.85. The minimum atomic E-state index is -0.126. The number of nitrogens with zero attached hydrogens (tertiary/aromatic N) is 1. The molecule has 0 spiro atoms. The van der Waals surface area contributed by atoms with E-state index in [0.29, 0.717) is 5.92 Å². The first-order valence-electron chi connectivity index (χ1n) is 7.74. The molecule has 0 heterocycles. The van der Waals surface area contributed by atoms with Gasteiger partial charge in [-0.3, -0.25) is 0 Å². The summed E-state index contributed by atoms with van der Waals surface area (Å²) in [6.45, 7) is 10.4. The van der Waals surface area contributed by atoms with Gasteiger partial charge in [-0.1, -0.05) is 39.3 Å². The molecule has 114 valence electrons. The molecular formula is C17H29FN2. The zero-order valence-corrected chi connectivity index (χ0v) is 13.5. The van der Waals surface area contributed by atoms with Crippen LogP contribution in [0, 0.1) is 11.7 Å². The maximum Gasteiger partial charge on any atom is 0.146 e. The van der Waals surface area contributed by atoms with Crippen LogP contribution >= 0.6 is 0 Å². The molecule has 3 heteroatoms. The van der Waals surface area contributed by atoms with Crippen molar-refractivity contribution in [3.05, 3.63) is 29.6 Å². The molecule has 0 aromatic heterocycles. The lowest BCUT2D eigenvalue weighted by atomic mass is 10.0. The fraction of sp³-hybridized carbons (Fsp3) is 0.647. The van der Waals surface area contributed by atoms with E-state index in [9.17, 15) is 4.39 Å². The summed E-state index contributed by atoms with van der Waals surface area (Å²) in [5, 5.41) is 3.45. The first kappa shape index (κ1) is 17.0. The van der Waals surface area contributed by atoms with Crippen LogP contribution in [0.1, 0.15) is 52.1 Å². The minimum Gasteiger partial charge on any atom is -0.372 e. The number of rotatable bonds is 8. The quantitative estimate of drug-likeness (QED) is 0.760. The van der Waals surface area contributed by atoms with E-state index < -0.39 is 0 Å². The molecule has 20 heavy (non-hydrogen) atoms. The van der Waals surface area contributed by atoms with Crippen molar-refractivity contribution < 1.29 is 4.39 Å². The highest BCUT2D eigenvalue weighted by atomic mass is 19.1. The van der Waals surface area contributed by atoms with Gasteiger partial charge < -0.3 is 10.2 Å². The van der Waals surface area contributed by atoms with E-state index >= 15 is 0 Å². The molecule has 0 radical (unpaired) electrons. The summed E-state index contributed by atoms with van der Waals surface area (Å²) in [4.78, 5) is 2.06. The molecule has 0 saturated heterocycles. The predicted molar refractivity (Wildman–Crippen MR) is 85.8 cm³/mol. The lowest BCUT2D eigenvalue weighted by molar-refractivity contribution is 0.536. The van der Waals surface area contributed by atoms with Crippen LogP contribution in [0.25, 0.3) is 0 Å². The molecule has 2 atom stereocenters. The second-order valence-corrected chi connectivity index (χ2v) is 5.75. The molecule has 0 amide bonds. The first-order chi connectivity index (χ1) is 9.51. The molecule has 1 aromatic rings. The van der Waals surface area contributed by atoms with Gasteiger partial charge in [0.15, 0.2) is 0 Å². The molecule has 0 saturated carbocycles. The van der Waals surface area contributed by atoms with Crippen molar-refractivity contribution in [2.45, 2.75) is 46.6 Å². The SMILES string of the molecule is CCCNC(C)c1cccc(F)c1N(C)CC(C)CC. The van der Waals surface area contributed by atoms with Crippen LogP contribution in [0.2, 0.25) is 0 Å². The molecule has 1 N–H and O–H groups in total. The van der Waals surface area contributed by atoms with E-state index in [-0.39, 0.29) is 11.9 Å². The standard InChI is InChI=1S/C17H29FN2/c1-6-11-19-14(4)15-9-8-10-16(18)17(15)20(5)12-13(3)7-2/h8-10,13-14,19H,6-7,11-12H2,1-5H3. The predicted octanol–water partition coefficient (Wildman–Crippen LogP) is 4.37. The molecule has 0 fully saturated rings. The van der Waals surface area contributed by atoms with Crippen molar-refractivity contribution in [2.75, 3.05) is 25.0 Å². The van der Waals surface area contributed by atoms with Crippen molar-refractivity contribution in [1.82, 2.24) is 5.32 Å². The summed E-state index contributed by atoms with van der Waals surface area (Å²) in [6, 6.07) is 5.55. The van der Waals surface area contributed by atoms with Crippen LogP contribution in [0.3, 0.4) is 0 Å². The summed E-state index contributed by atoms with van der Waals surface area (Å²) in [6.07, 6.45) is 2.19. The van der Waals surface area contributed by atoms with Gasteiger partial charge in [0.2, 0.25) is 0 Å². The van der Waals surface area contributed by atoms with Crippen molar-refractivity contribution in [1.29, 1.82) is 0 Å². The summed E-state index contributed by atoms with van der Waals surface area (Å²) in [7, 11) is 1.99. The Morgan fingerprint density at radius 2 is 1.95 bits per heavy atom. The maximum absolute atomic E-state index is 14.3. The van der Waals surface area contributed by atoms with Crippen molar-refractivity contribution >= 4 is 5.69 Å². The lowest BCUT2D eigenvalue weighted by Crippen LogP contribution is -2.28. The third-order valence-electron chi connectivity index (χ3n) is 3.85. The van der Waals surface area contributed by atoms with E-state index in [4.69, 9.17) is 0 Å². The van der Waals surface area contributed by atoms with Gasteiger partial charge in [0.1, 0.15) is 5.82 Å². The van der Waals surface area contributed by atoms with E-state index in [2.05, 4.69) is 37.9 Å². The number of para-hydroxylation sites is 1. The smallest absolute Gasteiger partial charge is 0.146 e. The molecule has 0 aliphatic rings. The molecule has 1 rings (SSSR count). The number of nitrogens with one attached hydrogen (secondary N) is 1. The summed E-state index contributed by atoms with van der Waals surface area (Å²) in [5.74, 6) is 0.435. The van der Waals surface area contributed by atoms with E-state index in [0.717, 1.165) is 37.2 Å². The molecule has 0 bridgehead atoms. The molecule has 2 nitrogen and oxygen atoms in total. The minimum absolute atomic E-state index is 0.126. The van der Waals surface area contributed by atoms with Gasteiger partial charge >= 0.3 is 0 Å². The van der Waals surface area contributed by atoms with Gasteiger partial charge in [0.05, 0.1) is 5.69 Å². The van der Waals surface area contributed by atoms with Crippen LogP contribution in [0.4, 0.5) is 10.1 Å². The van der Waals surface area contributed by atoms with Gasteiger partial charge in [-0.2, -0.15) is 0 Å². The number of hydrogen-bond acceptors (Lipinski definition) is 2. The van der Waals surface area contributed by atoms with Gasteiger partial charge in [0.25, 0.3) is 0 Å². The Morgan fingerprint density at radius 1 is 1.25 bits per heavy atom. The monoisotopic (exact) mass is 280 g/mol. The number of hydrogen-bond donors (Lipinski definition) is 1. The number of benzene rings is 1. The summed E-state index contributed by atoms with van der Waals surface area (Å²) < 4.78 is 14.3. The summed E-state index contributed by atoms with van der Waals surface area (Å²) >= 11 is 0. The Balaban J connectivity index is 2.98. The van der Waals surface area contributed by atoms with Crippen molar-refractivity contribution in [3.8, 4) is 0 Å². The number of anilines is 1. The van der Waals surface area contributed by atoms with Crippen LogP contribution < -0.4 is 10.2 Å². The number of halogens is 1. The normalized spacial score (nSPS) is 14.1.